The van der Waals surface area contributed by atoms with Gasteiger partial charge < -0.3 is 9.80 Å². The van der Waals surface area contributed by atoms with Crippen LogP contribution in [-0.4, -0.2) is 63.0 Å². The first kappa shape index (κ1) is 16.6. The molecule has 1 heterocycles. The molecular formula is C13H16ClN3O4S. The van der Waals surface area contributed by atoms with Crippen LogP contribution in [-0.2, 0) is 14.8 Å². The van der Waals surface area contributed by atoms with Crippen LogP contribution in [0.15, 0.2) is 18.2 Å². The second-order valence-corrected chi connectivity index (χ2v) is 7.16. The van der Waals surface area contributed by atoms with Gasteiger partial charge in [-0.05, 0) is 18.2 Å². The van der Waals surface area contributed by atoms with Gasteiger partial charge >= 0.3 is 0 Å². The highest BCUT2D eigenvalue weighted by atomic mass is 35.5. The van der Waals surface area contributed by atoms with Gasteiger partial charge in [-0.25, -0.2) is 8.42 Å². The molecular weight excluding hydrogens is 330 g/mol. The molecule has 0 atom stereocenters. The molecule has 9 heteroatoms. The molecule has 0 aliphatic carbocycles. The molecule has 1 fully saturated rings. The third kappa shape index (κ3) is 4.11. The lowest BCUT2D eigenvalue weighted by atomic mass is 10.1. The summed E-state index contributed by atoms with van der Waals surface area (Å²) in [6, 6.07) is 4.41. The van der Waals surface area contributed by atoms with Crippen LogP contribution in [0.1, 0.15) is 10.4 Å². The summed E-state index contributed by atoms with van der Waals surface area (Å²) in [6.45, 7) is 1.91. The Labute approximate surface area is 133 Å². The van der Waals surface area contributed by atoms with E-state index in [9.17, 15) is 18.0 Å². The highest BCUT2D eigenvalue weighted by Crippen LogP contribution is 2.24. The van der Waals surface area contributed by atoms with Gasteiger partial charge in [0.15, 0.2) is 0 Å². The normalized spacial score (nSPS) is 15.5. The van der Waals surface area contributed by atoms with Gasteiger partial charge in [0.2, 0.25) is 16.4 Å². The summed E-state index contributed by atoms with van der Waals surface area (Å²) < 4.78 is 24.7. The van der Waals surface area contributed by atoms with Crippen LogP contribution in [0.25, 0.3) is 0 Å². The number of nitrogens with zero attached hydrogens (tertiary/aromatic N) is 2. The quantitative estimate of drug-likeness (QED) is 0.811. The zero-order valence-electron chi connectivity index (χ0n) is 12.0. The van der Waals surface area contributed by atoms with Crippen LogP contribution in [0.5, 0.6) is 0 Å². The molecule has 120 valence electrons. The third-order valence-electron chi connectivity index (χ3n) is 3.26. The standard InChI is InChI=1S/C13H16ClN3O4S/c1-22(20,21)15-12-3-2-10(8-11(12)14)13(19)17-6-4-16(9-18)5-7-17/h2-3,8-9,15H,4-7H2,1H3. The van der Waals surface area contributed by atoms with Crippen molar-refractivity contribution in [2.24, 2.45) is 0 Å². The molecule has 1 aromatic carbocycles. The number of hydrogen-bond acceptors (Lipinski definition) is 4. The van der Waals surface area contributed by atoms with Crippen LogP contribution < -0.4 is 4.72 Å². The third-order valence-corrected chi connectivity index (χ3v) is 4.17. The fraction of sp³-hybridized carbons (Fsp3) is 0.385. The minimum absolute atomic E-state index is 0.155. The lowest BCUT2D eigenvalue weighted by Gasteiger charge is -2.32. The van der Waals surface area contributed by atoms with Crippen molar-refractivity contribution in [3.63, 3.8) is 0 Å². The molecule has 1 saturated heterocycles. The molecule has 0 bridgehead atoms. The van der Waals surface area contributed by atoms with E-state index in [1.807, 2.05) is 0 Å². The first-order valence-electron chi connectivity index (χ1n) is 6.56. The first-order valence-corrected chi connectivity index (χ1v) is 8.83. The minimum Gasteiger partial charge on any atom is -0.342 e. The Hall–Kier alpha value is -1.80. The van der Waals surface area contributed by atoms with E-state index in [4.69, 9.17) is 11.6 Å². The van der Waals surface area contributed by atoms with E-state index in [-0.39, 0.29) is 16.6 Å². The molecule has 1 N–H and O–H groups in total. The highest BCUT2D eigenvalue weighted by Gasteiger charge is 2.22. The maximum absolute atomic E-state index is 12.4. The zero-order valence-corrected chi connectivity index (χ0v) is 13.5. The lowest BCUT2D eigenvalue weighted by molar-refractivity contribution is -0.119. The molecule has 22 heavy (non-hydrogen) atoms. The average molecular weight is 346 g/mol. The van der Waals surface area contributed by atoms with Crippen LogP contribution >= 0.6 is 11.6 Å². The topological polar surface area (TPSA) is 86.8 Å². The van der Waals surface area contributed by atoms with E-state index in [0.717, 1.165) is 12.7 Å². The van der Waals surface area contributed by atoms with E-state index >= 15 is 0 Å². The highest BCUT2D eigenvalue weighted by molar-refractivity contribution is 7.92. The Morgan fingerprint density at radius 1 is 1.27 bits per heavy atom. The Morgan fingerprint density at radius 2 is 1.91 bits per heavy atom. The van der Waals surface area contributed by atoms with Gasteiger partial charge in [-0.1, -0.05) is 11.6 Å². The molecule has 0 spiro atoms. The van der Waals surface area contributed by atoms with E-state index in [1.165, 1.54) is 18.2 Å². The number of rotatable bonds is 4. The fourth-order valence-electron chi connectivity index (χ4n) is 2.14. The predicted octanol–water partition coefficient (Wildman–Crippen LogP) is 0.626. The van der Waals surface area contributed by atoms with Gasteiger partial charge in [0.25, 0.3) is 5.91 Å². The van der Waals surface area contributed by atoms with Crippen molar-refractivity contribution in [1.82, 2.24) is 9.80 Å². The predicted molar refractivity (Wildman–Crippen MR) is 83.5 cm³/mol. The molecule has 0 aromatic heterocycles. The van der Waals surface area contributed by atoms with Crippen LogP contribution in [0.3, 0.4) is 0 Å². The van der Waals surface area contributed by atoms with Crippen molar-refractivity contribution >= 4 is 39.6 Å². The van der Waals surface area contributed by atoms with Crippen molar-refractivity contribution in [2.45, 2.75) is 0 Å². The molecule has 0 unspecified atom stereocenters. The molecule has 0 saturated carbocycles. The van der Waals surface area contributed by atoms with Gasteiger partial charge in [0, 0.05) is 31.7 Å². The van der Waals surface area contributed by atoms with Crippen molar-refractivity contribution in [3.8, 4) is 0 Å². The Morgan fingerprint density at radius 3 is 2.41 bits per heavy atom. The molecule has 1 aromatic rings. The number of piperazine rings is 1. The van der Waals surface area contributed by atoms with Gasteiger partial charge in [-0.15, -0.1) is 0 Å². The number of nitrogens with one attached hydrogen (secondary N) is 1. The second kappa shape index (κ2) is 6.53. The molecule has 7 nitrogen and oxygen atoms in total. The van der Waals surface area contributed by atoms with E-state index in [0.29, 0.717) is 31.7 Å². The Kier molecular flexibility index (Phi) is 4.92. The molecule has 0 radical (unpaired) electrons. The maximum atomic E-state index is 12.4. The maximum Gasteiger partial charge on any atom is 0.254 e. The van der Waals surface area contributed by atoms with Crippen LogP contribution in [0.2, 0.25) is 5.02 Å². The number of halogens is 1. The monoisotopic (exact) mass is 345 g/mol. The largest absolute Gasteiger partial charge is 0.342 e. The SMILES string of the molecule is CS(=O)(=O)Nc1ccc(C(=O)N2CCN(C=O)CC2)cc1Cl. The summed E-state index contributed by atoms with van der Waals surface area (Å²) in [4.78, 5) is 26.3. The minimum atomic E-state index is -3.43. The van der Waals surface area contributed by atoms with Crippen LogP contribution in [0, 0.1) is 0 Å². The lowest BCUT2D eigenvalue weighted by Crippen LogP contribution is -2.48. The van der Waals surface area contributed by atoms with E-state index in [1.54, 1.807) is 9.80 Å². The zero-order chi connectivity index (χ0) is 16.3. The van der Waals surface area contributed by atoms with Gasteiger partial charge in [-0.2, -0.15) is 0 Å². The van der Waals surface area contributed by atoms with Gasteiger partial charge in [0.1, 0.15) is 0 Å². The Balaban J connectivity index is 2.11. The average Bonchev–Trinajstić information content (AvgIpc) is 2.47. The number of anilines is 1. The molecule has 2 amide bonds. The summed E-state index contributed by atoms with van der Waals surface area (Å²) in [5, 5.41) is 0.155. The van der Waals surface area contributed by atoms with Crippen molar-refractivity contribution in [2.75, 3.05) is 37.2 Å². The molecule has 2 rings (SSSR count). The first-order chi connectivity index (χ1) is 10.3. The Bertz CT molecular complexity index is 685. The van der Waals surface area contributed by atoms with Gasteiger partial charge in [0.05, 0.1) is 17.0 Å². The molecule has 1 aliphatic heterocycles. The number of carbonyl (C=O) groups is 2. The number of sulfonamides is 1. The summed E-state index contributed by atoms with van der Waals surface area (Å²) >= 11 is 6.01. The van der Waals surface area contributed by atoms with Crippen LogP contribution in [0.4, 0.5) is 5.69 Å². The van der Waals surface area contributed by atoms with Crippen molar-refractivity contribution < 1.29 is 18.0 Å². The number of amides is 2. The van der Waals surface area contributed by atoms with Crippen molar-refractivity contribution in [1.29, 1.82) is 0 Å². The summed E-state index contributed by atoms with van der Waals surface area (Å²) in [7, 11) is -3.43. The van der Waals surface area contributed by atoms with E-state index in [2.05, 4.69) is 4.72 Å². The van der Waals surface area contributed by atoms with Gasteiger partial charge in [-0.3, -0.25) is 14.3 Å². The van der Waals surface area contributed by atoms with E-state index < -0.39 is 10.0 Å². The molecule has 1 aliphatic rings. The van der Waals surface area contributed by atoms with Crippen molar-refractivity contribution in [3.05, 3.63) is 28.8 Å². The smallest absolute Gasteiger partial charge is 0.254 e. The second-order valence-electron chi connectivity index (χ2n) is 5.00. The number of carbonyl (C=O) groups excluding carboxylic acids is 2. The fourth-order valence-corrected chi connectivity index (χ4v) is 3.00. The summed E-state index contributed by atoms with van der Waals surface area (Å²) in [6.07, 6.45) is 1.79. The number of benzene rings is 1. The summed E-state index contributed by atoms with van der Waals surface area (Å²) in [5.74, 6) is -0.196. The summed E-state index contributed by atoms with van der Waals surface area (Å²) in [5.41, 5.74) is 0.607. The number of hydrogen-bond donors (Lipinski definition) is 1.